The maximum atomic E-state index is 11.3. The summed E-state index contributed by atoms with van der Waals surface area (Å²) >= 11 is 0. The van der Waals surface area contributed by atoms with E-state index < -0.39 is 0 Å². The zero-order chi connectivity index (χ0) is 13.4. The van der Waals surface area contributed by atoms with Gasteiger partial charge in [0.15, 0.2) is 0 Å². The molecule has 0 unspecified atom stereocenters. The Labute approximate surface area is 110 Å². The first-order valence-corrected chi connectivity index (χ1v) is 6.08. The average Bonchev–Trinajstić information content (AvgIpc) is 2.73. The quantitative estimate of drug-likeness (QED) is 0.660. The smallest absolute Gasteiger partial charge is 0.309 e. The second-order valence-electron chi connectivity index (χ2n) is 4.56. The molecule has 3 aromatic rings. The Bertz CT molecular complexity index is 774. The molecule has 0 saturated heterocycles. The molecule has 19 heavy (non-hydrogen) atoms. The summed E-state index contributed by atoms with van der Waals surface area (Å²) < 4.78 is 6.82. The van der Waals surface area contributed by atoms with Crippen molar-refractivity contribution in [3.8, 4) is 0 Å². The average molecular weight is 254 g/mol. The number of carbonyl (C=O) groups excluding carboxylic acids is 1. The third-order valence-corrected chi connectivity index (χ3v) is 3.45. The molecule has 0 atom stereocenters. The van der Waals surface area contributed by atoms with E-state index in [2.05, 4.69) is 9.55 Å². The first-order valence-electron chi connectivity index (χ1n) is 6.08. The molecule has 4 nitrogen and oxygen atoms in total. The summed E-state index contributed by atoms with van der Waals surface area (Å²) in [7, 11) is 3.43. The molecule has 0 aliphatic heterocycles. The number of benzene rings is 1. The van der Waals surface area contributed by atoms with Crippen molar-refractivity contribution in [1.82, 2.24) is 9.55 Å². The fourth-order valence-electron chi connectivity index (χ4n) is 2.45. The summed E-state index contributed by atoms with van der Waals surface area (Å²) in [6.45, 7) is 0. The van der Waals surface area contributed by atoms with Gasteiger partial charge in [0, 0.05) is 35.7 Å². The molecule has 0 aliphatic carbocycles. The highest BCUT2D eigenvalue weighted by atomic mass is 16.5. The SMILES string of the molecule is COC(=O)Cc1ccc2c3cnccc3n(C)c2c1. The van der Waals surface area contributed by atoms with Gasteiger partial charge in [-0.25, -0.2) is 0 Å². The van der Waals surface area contributed by atoms with E-state index in [1.165, 1.54) is 7.11 Å². The fourth-order valence-corrected chi connectivity index (χ4v) is 2.45. The maximum Gasteiger partial charge on any atom is 0.309 e. The van der Waals surface area contributed by atoms with Crippen LogP contribution in [0.5, 0.6) is 0 Å². The van der Waals surface area contributed by atoms with Crippen molar-refractivity contribution in [2.45, 2.75) is 6.42 Å². The largest absolute Gasteiger partial charge is 0.469 e. The molecule has 0 N–H and O–H groups in total. The van der Waals surface area contributed by atoms with Crippen LogP contribution in [0.2, 0.25) is 0 Å². The van der Waals surface area contributed by atoms with E-state index in [4.69, 9.17) is 4.74 Å². The number of nitrogens with zero attached hydrogens (tertiary/aromatic N) is 2. The Kier molecular flexibility index (Phi) is 2.71. The van der Waals surface area contributed by atoms with Gasteiger partial charge in [0.1, 0.15) is 0 Å². The highest BCUT2D eigenvalue weighted by Gasteiger charge is 2.10. The molecule has 3 rings (SSSR count). The minimum absolute atomic E-state index is 0.222. The third-order valence-electron chi connectivity index (χ3n) is 3.45. The van der Waals surface area contributed by atoms with Gasteiger partial charge in [-0.15, -0.1) is 0 Å². The molecule has 0 spiro atoms. The second-order valence-corrected chi connectivity index (χ2v) is 4.56. The number of esters is 1. The monoisotopic (exact) mass is 254 g/mol. The van der Waals surface area contributed by atoms with E-state index in [1.54, 1.807) is 6.20 Å². The first-order chi connectivity index (χ1) is 9.20. The van der Waals surface area contributed by atoms with Crippen LogP contribution in [0.15, 0.2) is 36.7 Å². The minimum Gasteiger partial charge on any atom is -0.469 e. The summed E-state index contributed by atoms with van der Waals surface area (Å²) in [5.41, 5.74) is 3.20. The van der Waals surface area contributed by atoms with Gasteiger partial charge in [0.2, 0.25) is 0 Å². The van der Waals surface area contributed by atoms with Gasteiger partial charge in [0.25, 0.3) is 0 Å². The molecule has 2 heterocycles. The van der Waals surface area contributed by atoms with Crippen LogP contribution >= 0.6 is 0 Å². The van der Waals surface area contributed by atoms with Crippen LogP contribution in [0, 0.1) is 0 Å². The molecule has 0 aliphatic rings. The van der Waals surface area contributed by atoms with Gasteiger partial charge in [-0.3, -0.25) is 9.78 Å². The van der Waals surface area contributed by atoms with Crippen LogP contribution in [0.1, 0.15) is 5.56 Å². The molecule has 1 aromatic carbocycles. The Morgan fingerprint density at radius 2 is 2.11 bits per heavy atom. The van der Waals surface area contributed by atoms with Gasteiger partial charge in [-0.1, -0.05) is 12.1 Å². The number of pyridine rings is 1. The van der Waals surface area contributed by atoms with E-state index >= 15 is 0 Å². The van der Waals surface area contributed by atoms with Gasteiger partial charge < -0.3 is 9.30 Å². The lowest BCUT2D eigenvalue weighted by atomic mass is 10.1. The number of rotatable bonds is 2. The van der Waals surface area contributed by atoms with Gasteiger partial charge >= 0.3 is 5.97 Å². The van der Waals surface area contributed by atoms with Crippen LogP contribution in [0.25, 0.3) is 21.8 Å². The lowest BCUT2D eigenvalue weighted by Crippen LogP contribution is -2.04. The predicted molar refractivity (Wildman–Crippen MR) is 73.9 cm³/mol. The second kappa shape index (κ2) is 4.39. The first kappa shape index (κ1) is 11.7. The molecule has 0 radical (unpaired) electrons. The van der Waals surface area contributed by atoms with Crippen LogP contribution in [0.3, 0.4) is 0 Å². The number of hydrogen-bond donors (Lipinski definition) is 0. The lowest BCUT2D eigenvalue weighted by molar-refractivity contribution is -0.139. The van der Waals surface area contributed by atoms with E-state index in [0.29, 0.717) is 6.42 Å². The molecule has 2 aromatic heterocycles. The molecule has 0 fully saturated rings. The van der Waals surface area contributed by atoms with Crippen molar-refractivity contribution >= 4 is 27.8 Å². The van der Waals surface area contributed by atoms with E-state index in [-0.39, 0.29) is 5.97 Å². The Balaban J connectivity index is 2.20. The number of methoxy groups -OCH3 is 1. The molecule has 0 amide bonds. The van der Waals surface area contributed by atoms with Gasteiger partial charge in [-0.2, -0.15) is 0 Å². The van der Waals surface area contributed by atoms with E-state index in [0.717, 1.165) is 27.4 Å². The Morgan fingerprint density at radius 1 is 1.26 bits per heavy atom. The minimum atomic E-state index is -0.222. The number of fused-ring (bicyclic) bond motifs is 3. The van der Waals surface area contributed by atoms with E-state index in [1.807, 2.05) is 37.5 Å². The van der Waals surface area contributed by atoms with Crippen molar-refractivity contribution in [3.05, 3.63) is 42.2 Å². The Morgan fingerprint density at radius 3 is 2.89 bits per heavy atom. The molecular formula is C15H14N2O2. The van der Waals surface area contributed by atoms with Crippen molar-refractivity contribution < 1.29 is 9.53 Å². The summed E-state index contributed by atoms with van der Waals surface area (Å²) in [5.74, 6) is -0.222. The summed E-state index contributed by atoms with van der Waals surface area (Å²) in [6, 6.07) is 8.03. The van der Waals surface area contributed by atoms with Crippen LogP contribution in [-0.2, 0) is 23.0 Å². The Hall–Kier alpha value is -2.36. The molecular weight excluding hydrogens is 240 g/mol. The van der Waals surface area contributed by atoms with Crippen molar-refractivity contribution in [2.75, 3.05) is 7.11 Å². The van der Waals surface area contributed by atoms with Crippen LogP contribution in [0.4, 0.5) is 0 Å². The summed E-state index contributed by atoms with van der Waals surface area (Å²) in [4.78, 5) is 15.5. The van der Waals surface area contributed by atoms with Crippen LogP contribution in [-0.4, -0.2) is 22.6 Å². The molecule has 0 bridgehead atoms. The van der Waals surface area contributed by atoms with Crippen molar-refractivity contribution in [2.24, 2.45) is 7.05 Å². The predicted octanol–water partition coefficient (Wildman–Crippen LogP) is 2.44. The van der Waals surface area contributed by atoms with Crippen molar-refractivity contribution in [1.29, 1.82) is 0 Å². The summed E-state index contributed by atoms with van der Waals surface area (Å²) in [6.07, 6.45) is 3.96. The third kappa shape index (κ3) is 1.85. The topological polar surface area (TPSA) is 44.1 Å². The zero-order valence-corrected chi connectivity index (χ0v) is 10.9. The molecule has 0 saturated carbocycles. The lowest BCUT2D eigenvalue weighted by Gasteiger charge is -2.02. The van der Waals surface area contributed by atoms with E-state index in [9.17, 15) is 4.79 Å². The van der Waals surface area contributed by atoms with Gasteiger partial charge in [-0.05, 0) is 17.7 Å². The zero-order valence-electron chi connectivity index (χ0n) is 10.9. The summed E-state index contributed by atoms with van der Waals surface area (Å²) in [5, 5.41) is 2.28. The number of carbonyl (C=O) groups is 1. The van der Waals surface area contributed by atoms with Crippen LogP contribution < -0.4 is 0 Å². The van der Waals surface area contributed by atoms with Gasteiger partial charge in [0.05, 0.1) is 19.0 Å². The number of hydrogen-bond acceptors (Lipinski definition) is 3. The normalized spacial score (nSPS) is 11.1. The van der Waals surface area contributed by atoms with Crippen molar-refractivity contribution in [3.63, 3.8) is 0 Å². The standard InChI is InChI=1S/C15H14N2O2/c1-17-13-5-6-16-9-12(13)11-4-3-10(7-14(11)17)8-15(18)19-2/h3-7,9H,8H2,1-2H3. The maximum absolute atomic E-state index is 11.3. The molecule has 4 heteroatoms. The fraction of sp³-hybridized carbons (Fsp3) is 0.200. The highest BCUT2D eigenvalue weighted by Crippen LogP contribution is 2.28. The number of aryl methyl sites for hydroxylation is 1. The number of aromatic nitrogens is 2. The molecule has 96 valence electrons. The number of ether oxygens (including phenoxy) is 1. The highest BCUT2D eigenvalue weighted by molar-refractivity contribution is 6.07.